The molecular formula is C17H16O4. The van der Waals surface area contributed by atoms with Gasteiger partial charge in [0.2, 0.25) is 0 Å². The maximum absolute atomic E-state index is 12.3. The molecule has 0 aromatic heterocycles. The van der Waals surface area contributed by atoms with Crippen molar-refractivity contribution in [3.05, 3.63) is 53.1 Å². The zero-order valence-corrected chi connectivity index (χ0v) is 11.7. The van der Waals surface area contributed by atoms with Gasteiger partial charge in [0, 0.05) is 0 Å². The Kier molecular flexibility index (Phi) is 3.29. The standard InChI is InChI=1S/C17H16O4/c1-2-10-7-13(19)17-14(20)9-15(21-16(17)8-10)11-3-5-12(18)6-4-11/h3-8,15,18-19H,2,9H2,1H3. The van der Waals surface area contributed by atoms with E-state index in [2.05, 4.69) is 0 Å². The van der Waals surface area contributed by atoms with E-state index in [0.717, 1.165) is 17.5 Å². The highest BCUT2D eigenvalue weighted by Gasteiger charge is 2.30. The fourth-order valence-corrected chi connectivity index (χ4v) is 2.57. The molecule has 0 bridgehead atoms. The Morgan fingerprint density at radius 1 is 1.19 bits per heavy atom. The molecule has 21 heavy (non-hydrogen) atoms. The van der Waals surface area contributed by atoms with Crippen molar-refractivity contribution < 1.29 is 19.7 Å². The van der Waals surface area contributed by atoms with Gasteiger partial charge in [0.25, 0.3) is 0 Å². The molecule has 0 amide bonds. The predicted molar refractivity (Wildman–Crippen MR) is 77.9 cm³/mol. The summed E-state index contributed by atoms with van der Waals surface area (Å²) in [7, 11) is 0. The number of carbonyl (C=O) groups excluding carboxylic acids is 1. The van der Waals surface area contributed by atoms with Crippen LogP contribution in [-0.2, 0) is 6.42 Å². The summed E-state index contributed by atoms with van der Waals surface area (Å²) in [4.78, 5) is 12.3. The number of hydrogen-bond acceptors (Lipinski definition) is 4. The largest absolute Gasteiger partial charge is 0.508 e. The van der Waals surface area contributed by atoms with Gasteiger partial charge in [0.05, 0.1) is 6.42 Å². The minimum Gasteiger partial charge on any atom is -0.508 e. The number of phenolic OH excluding ortho intramolecular Hbond substituents is 2. The number of benzene rings is 2. The van der Waals surface area contributed by atoms with Crippen molar-refractivity contribution in [2.45, 2.75) is 25.9 Å². The highest BCUT2D eigenvalue weighted by Crippen LogP contribution is 2.40. The number of ether oxygens (including phenoxy) is 1. The van der Waals surface area contributed by atoms with E-state index in [4.69, 9.17) is 4.74 Å². The Hall–Kier alpha value is -2.49. The van der Waals surface area contributed by atoms with Crippen molar-refractivity contribution >= 4 is 5.78 Å². The monoisotopic (exact) mass is 284 g/mol. The van der Waals surface area contributed by atoms with Crippen LogP contribution in [0.3, 0.4) is 0 Å². The van der Waals surface area contributed by atoms with Crippen LogP contribution in [0.15, 0.2) is 36.4 Å². The van der Waals surface area contributed by atoms with Crippen LogP contribution in [0.1, 0.15) is 40.9 Å². The van der Waals surface area contributed by atoms with Crippen LogP contribution in [0, 0.1) is 0 Å². The van der Waals surface area contributed by atoms with Crippen LogP contribution in [0.5, 0.6) is 17.2 Å². The van der Waals surface area contributed by atoms with Crippen LogP contribution in [0.25, 0.3) is 0 Å². The maximum atomic E-state index is 12.3. The van der Waals surface area contributed by atoms with Crippen LogP contribution in [-0.4, -0.2) is 16.0 Å². The molecule has 0 saturated heterocycles. The van der Waals surface area contributed by atoms with E-state index in [9.17, 15) is 15.0 Å². The van der Waals surface area contributed by atoms with Gasteiger partial charge in [-0.05, 0) is 41.8 Å². The van der Waals surface area contributed by atoms with Crippen LogP contribution in [0.2, 0.25) is 0 Å². The van der Waals surface area contributed by atoms with Crippen molar-refractivity contribution in [1.29, 1.82) is 0 Å². The average molecular weight is 284 g/mol. The van der Waals surface area contributed by atoms with E-state index >= 15 is 0 Å². The van der Waals surface area contributed by atoms with Gasteiger partial charge < -0.3 is 14.9 Å². The first-order chi connectivity index (χ1) is 10.1. The lowest BCUT2D eigenvalue weighted by Gasteiger charge is -2.26. The van der Waals surface area contributed by atoms with E-state index in [1.54, 1.807) is 36.4 Å². The topological polar surface area (TPSA) is 66.8 Å². The summed E-state index contributed by atoms with van der Waals surface area (Å²) in [6.45, 7) is 1.98. The Labute approximate surface area is 122 Å². The van der Waals surface area contributed by atoms with Gasteiger partial charge in [0.1, 0.15) is 28.9 Å². The second-order valence-corrected chi connectivity index (χ2v) is 5.17. The second kappa shape index (κ2) is 5.13. The van der Waals surface area contributed by atoms with Crippen molar-refractivity contribution in [1.82, 2.24) is 0 Å². The highest BCUT2D eigenvalue weighted by molar-refractivity contribution is 6.02. The van der Waals surface area contributed by atoms with Gasteiger partial charge in [-0.15, -0.1) is 0 Å². The average Bonchev–Trinajstić information content (AvgIpc) is 2.46. The molecule has 2 N–H and O–H groups in total. The summed E-state index contributed by atoms with van der Waals surface area (Å²) in [5, 5.41) is 19.3. The van der Waals surface area contributed by atoms with Gasteiger partial charge >= 0.3 is 0 Å². The van der Waals surface area contributed by atoms with Gasteiger partial charge in [0.15, 0.2) is 5.78 Å². The Morgan fingerprint density at radius 3 is 2.57 bits per heavy atom. The highest BCUT2D eigenvalue weighted by atomic mass is 16.5. The summed E-state index contributed by atoms with van der Waals surface area (Å²) in [5.41, 5.74) is 2.01. The number of ketones is 1. The molecule has 4 nitrogen and oxygen atoms in total. The molecule has 1 aliphatic rings. The quantitative estimate of drug-likeness (QED) is 0.887. The summed E-state index contributed by atoms with van der Waals surface area (Å²) in [6.07, 6.45) is 0.538. The Morgan fingerprint density at radius 2 is 1.90 bits per heavy atom. The lowest BCUT2D eigenvalue weighted by Crippen LogP contribution is -2.20. The third-order valence-corrected chi connectivity index (χ3v) is 3.73. The van der Waals surface area contributed by atoms with Crippen LogP contribution < -0.4 is 4.74 Å². The SMILES string of the molecule is CCc1cc(O)c2c(c1)OC(c1ccc(O)cc1)CC2=O. The van der Waals surface area contributed by atoms with E-state index in [0.29, 0.717) is 5.75 Å². The number of aryl methyl sites for hydroxylation is 1. The zero-order chi connectivity index (χ0) is 15.0. The molecule has 0 radical (unpaired) electrons. The maximum Gasteiger partial charge on any atom is 0.174 e. The van der Waals surface area contributed by atoms with Gasteiger partial charge in [-0.1, -0.05) is 19.1 Å². The smallest absolute Gasteiger partial charge is 0.174 e. The number of aromatic hydroxyl groups is 2. The summed E-state index contributed by atoms with van der Waals surface area (Å²) in [6, 6.07) is 10.0. The zero-order valence-electron chi connectivity index (χ0n) is 11.7. The summed E-state index contributed by atoms with van der Waals surface area (Å²) < 4.78 is 5.89. The predicted octanol–water partition coefficient (Wildman–Crippen LogP) is 3.37. The molecule has 4 heteroatoms. The number of carbonyl (C=O) groups is 1. The summed E-state index contributed by atoms with van der Waals surface area (Å²) in [5.74, 6) is 0.460. The number of fused-ring (bicyclic) bond motifs is 1. The molecule has 0 aliphatic carbocycles. The van der Waals surface area contributed by atoms with Crippen molar-refractivity contribution in [2.24, 2.45) is 0 Å². The number of rotatable bonds is 2. The van der Waals surface area contributed by atoms with Crippen LogP contribution in [0.4, 0.5) is 0 Å². The third kappa shape index (κ3) is 2.44. The minimum atomic E-state index is -0.392. The molecule has 0 saturated carbocycles. The molecule has 0 fully saturated rings. The first kappa shape index (κ1) is 13.5. The number of hydrogen-bond donors (Lipinski definition) is 2. The fourth-order valence-electron chi connectivity index (χ4n) is 2.57. The normalized spacial score (nSPS) is 17.2. The minimum absolute atomic E-state index is 0.0153. The Bertz CT molecular complexity index is 689. The van der Waals surface area contributed by atoms with Crippen LogP contribution >= 0.6 is 0 Å². The molecule has 3 rings (SSSR count). The first-order valence-corrected chi connectivity index (χ1v) is 6.93. The fraction of sp³-hybridized carbons (Fsp3) is 0.235. The van der Waals surface area contributed by atoms with E-state index in [-0.39, 0.29) is 29.3 Å². The molecule has 0 spiro atoms. The molecule has 1 heterocycles. The molecule has 2 aromatic rings. The van der Waals surface area contributed by atoms with E-state index in [1.807, 2.05) is 6.92 Å². The molecule has 108 valence electrons. The number of Topliss-reactive ketones (excluding diaryl/α,β-unsaturated/α-hetero) is 1. The van der Waals surface area contributed by atoms with Crippen molar-refractivity contribution in [2.75, 3.05) is 0 Å². The Balaban J connectivity index is 1.99. The lowest BCUT2D eigenvalue weighted by atomic mass is 9.94. The van der Waals surface area contributed by atoms with Gasteiger partial charge in [-0.2, -0.15) is 0 Å². The first-order valence-electron chi connectivity index (χ1n) is 6.93. The lowest BCUT2D eigenvalue weighted by molar-refractivity contribution is 0.0845. The van der Waals surface area contributed by atoms with Crippen molar-refractivity contribution in [3.8, 4) is 17.2 Å². The molecule has 1 aliphatic heterocycles. The summed E-state index contributed by atoms with van der Waals surface area (Å²) >= 11 is 0. The molecular weight excluding hydrogens is 268 g/mol. The van der Waals surface area contributed by atoms with Crippen molar-refractivity contribution in [3.63, 3.8) is 0 Å². The third-order valence-electron chi connectivity index (χ3n) is 3.73. The van der Waals surface area contributed by atoms with Gasteiger partial charge in [-0.3, -0.25) is 4.79 Å². The molecule has 2 aromatic carbocycles. The van der Waals surface area contributed by atoms with Gasteiger partial charge in [-0.25, -0.2) is 0 Å². The second-order valence-electron chi connectivity index (χ2n) is 5.17. The molecule has 1 atom stereocenters. The van der Waals surface area contributed by atoms with E-state index < -0.39 is 6.10 Å². The number of phenols is 2. The van der Waals surface area contributed by atoms with E-state index in [1.165, 1.54) is 0 Å². The molecule has 1 unspecified atom stereocenters.